The van der Waals surface area contributed by atoms with Crippen LogP contribution in [0.15, 0.2) is 6.07 Å². The van der Waals surface area contributed by atoms with Crippen LogP contribution in [0.3, 0.4) is 0 Å². The fourth-order valence-corrected chi connectivity index (χ4v) is 2.53. The SMILES string of the molecule is Cc1cc(C)c(C)c(CCN(C)CC(N)CO)c1C. The molecule has 1 atom stereocenters. The molecule has 19 heavy (non-hydrogen) atoms. The van der Waals surface area contributed by atoms with Gasteiger partial charge in [0, 0.05) is 19.1 Å². The van der Waals surface area contributed by atoms with Gasteiger partial charge in [-0.25, -0.2) is 0 Å². The van der Waals surface area contributed by atoms with Crippen molar-refractivity contribution < 1.29 is 5.11 Å². The molecular formula is C16H28N2O. The fourth-order valence-electron chi connectivity index (χ4n) is 2.53. The fraction of sp³-hybridized carbons (Fsp3) is 0.625. The number of hydrogen-bond donors (Lipinski definition) is 2. The Morgan fingerprint density at radius 1 is 1.16 bits per heavy atom. The highest BCUT2D eigenvalue weighted by Gasteiger charge is 2.10. The van der Waals surface area contributed by atoms with Gasteiger partial charge in [-0.2, -0.15) is 0 Å². The third kappa shape index (κ3) is 4.30. The second-order valence-electron chi connectivity index (χ2n) is 5.69. The van der Waals surface area contributed by atoms with Crippen LogP contribution in [-0.2, 0) is 6.42 Å². The third-order valence-corrected chi connectivity index (χ3v) is 4.05. The molecule has 0 bridgehead atoms. The van der Waals surface area contributed by atoms with E-state index in [0.29, 0.717) is 0 Å². The zero-order chi connectivity index (χ0) is 14.6. The normalized spacial score (nSPS) is 13.1. The van der Waals surface area contributed by atoms with Crippen molar-refractivity contribution in [3.63, 3.8) is 0 Å². The molecule has 3 N–H and O–H groups in total. The first-order valence-corrected chi connectivity index (χ1v) is 6.98. The standard InChI is InChI=1S/C16H28N2O/c1-11-8-12(2)14(4)16(13(11)3)6-7-18(5)9-15(17)10-19/h8,15,19H,6-7,9-10,17H2,1-5H3. The molecular weight excluding hydrogens is 236 g/mol. The van der Waals surface area contributed by atoms with Crippen molar-refractivity contribution in [2.45, 2.75) is 40.2 Å². The number of hydrogen-bond acceptors (Lipinski definition) is 3. The Hall–Kier alpha value is -0.900. The molecule has 0 aliphatic rings. The zero-order valence-electron chi connectivity index (χ0n) is 13.0. The summed E-state index contributed by atoms with van der Waals surface area (Å²) in [5.74, 6) is 0. The van der Waals surface area contributed by atoms with E-state index in [2.05, 4.69) is 45.7 Å². The molecule has 1 aromatic carbocycles. The first-order chi connectivity index (χ1) is 8.86. The topological polar surface area (TPSA) is 49.5 Å². The van der Waals surface area contributed by atoms with Gasteiger partial charge in [-0.3, -0.25) is 0 Å². The highest BCUT2D eigenvalue weighted by molar-refractivity contribution is 5.44. The second kappa shape index (κ2) is 7.04. The summed E-state index contributed by atoms with van der Waals surface area (Å²) in [6.45, 7) is 10.5. The highest BCUT2D eigenvalue weighted by Crippen LogP contribution is 2.22. The second-order valence-corrected chi connectivity index (χ2v) is 5.69. The summed E-state index contributed by atoms with van der Waals surface area (Å²) < 4.78 is 0. The minimum absolute atomic E-state index is 0.0476. The van der Waals surface area contributed by atoms with E-state index in [9.17, 15) is 0 Å². The molecule has 0 aliphatic carbocycles. The Kier molecular flexibility index (Phi) is 5.98. The lowest BCUT2D eigenvalue weighted by Crippen LogP contribution is -2.38. The van der Waals surface area contributed by atoms with E-state index < -0.39 is 0 Å². The third-order valence-electron chi connectivity index (χ3n) is 4.05. The monoisotopic (exact) mass is 264 g/mol. The summed E-state index contributed by atoms with van der Waals surface area (Å²) in [6.07, 6.45) is 1.04. The molecule has 0 heterocycles. The first kappa shape index (κ1) is 16.2. The van der Waals surface area contributed by atoms with Gasteiger partial charge in [0.1, 0.15) is 0 Å². The molecule has 0 aliphatic heterocycles. The van der Waals surface area contributed by atoms with Crippen LogP contribution in [0, 0.1) is 27.7 Å². The Morgan fingerprint density at radius 3 is 2.16 bits per heavy atom. The molecule has 0 fully saturated rings. The van der Waals surface area contributed by atoms with Gasteiger partial charge < -0.3 is 15.7 Å². The maximum atomic E-state index is 8.98. The predicted molar refractivity (Wildman–Crippen MR) is 81.7 cm³/mol. The van der Waals surface area contributed by atoms with Gasteiger partial charge in [-0.05, 0) is 69.0 Å². The molecule has 0 spiro atoms. The van der Waals surface area contributed by atoms with Crippen molar-refractivity contribution in [1.29, 1.82) is 0 Å². The summed E-state index contributed by atoms with van der Waals surface area (Å²) in [5, 5.41) is 8.98. The number of aliphatic hydroxyl groups is 1. The number of benzene rings is 1. The minimum Gasteiger partial charge on any atom is -0.395 e. The number of aliphatic hydroxyl groups excluding tert-OH is 1. The highest BCUT2D eigenvalue weighted by atomic mass is 16.3. The van der Waals surface area contributed by atoms with Crippen molar-refractivity contribution >= 4 is 0 Å². The van der Waals surface area contributed by atoms with Gasteiger partial charge in [0.25, 0.3) is 0 Å². The first-order valence-electron chi connectivity index (χ1n) is 6.98. The number of aryl methyl sites for hydroxylation is 2. The van der Waals surface area contributed by atoms with E-state index in [1.165, 1.54) is 27.8 Å². The van der Waals surface area contributed by atoms with Crippen LogP contribution in [0.4, 0.5) is 0 Å². The lowest BCUT2D eigenvalue weighted by molar-refractivity contribution is 0.222. The van der Waals surface area contributed by atoms with Crippen molar-refractivity contribution in [1.82, 2.24) is 4.90 Å². The summed E-state index contributed by atoms with van der Waals surface area (Å²) in [7, 11) is 2.06. The van der Waals surface area contributed by atoms with Gasteiger partial charge in [-0.15, -0.1) is 0 Å². The zero-order valence-corrected chi connectivity index (χ0v) is 13.0. The molecule has 0 radical (unpaired) electrons. The van der Waals surface area contributed by atoms with E-state index in [1.807, 2.05) is 0 Å². The predicted octanol–water partition coefficient (Wildman–Crippen LogP) is 1.71. The number of rotatable bonds is 6. The van der Waals surface area contributed by atoms with E-state index >= 15 is 0 Å². The molecule has 1 unspecified atom stereocenters. The Morgan fingerprint density at radius 2 is 1.68 bits per heavy atom. The van der Waals surface area contributed by atoms with Crippen molar-refractivity contribution in [2.75, 3.05) is 26.7 Å². The Bertz CT molecular complexity index is 403. The van der Waals surface area contributed by atoms with Crippen LogP contribution >= 0.6 is 0 Å². The maximum absolute atomic E-state index is 8.98. The smallest absolute Gasteiger partial charge is 0.0595 e. The van der Waals surface area contributed by atoms with Gasteiger partial charge >= 0.3 is 0 Å². The van der Waals surface area contributed by atoms with Gasteiger partial charge in [-0.1, -0.05) is 6.07 Å². The molecule has 1 aromatic rings. The van der Waals surface area contributed by atoms with Crippen LogP contribution in [-0.4, -0.2) is 42.8 Å². The minimum atomic E-state index is -0.147. The lowest BCUT2D eigenvalue weighted by Gasteiger charge is -2.22. The van der Waals surface area contributed by atoms with Gasteiger partial charge in [0.05, 0.1) is 6.61 Å². The average Bonchev–Trinajstić information content (AvgIpc) is 2.36. The molecule has 0 saturated carbocycles. The van der Waals surface area contributed by atoms with Crippen molar-refractivity contribution in [3.8, 4) is 0 Å². The van der Waals surface area contributed by atoms with E-state index in [4.69, 9.17) is 10.8 Å². The Labute approximate surface area is 117 Å². The quantitative estimate of drug-likeness (QED) is 0.822. The number of likely N-dealkylation sites (N-methyl/N-ethyl adjacent to an activating group) is 1. The molecule has 3 heteroatoms. The molecule has 1 rings (SSSR count). The maximum Gasteiger partial charge on any atom is 0.0595 e. The van der Waals surface area contributed by atoms with Gasteiger partial charge in [0.2, 0.25) is 0 Å². The molecule has 0 saturated heterocycles. The summed E-state index contributed by atoms with van der Waals surface area (Å²) >= 11 is 0. The van der Waals surface area contributed by atoms with Gasteiger partial charge in [0.15, 0.2) is 0 Å². The van der Waals surface area contributed by atoms with E-state index in [-0.39, 0.29) is 12.6 Å². The lowest BCUT2D eigenvalue weighted by atomic mass is 9.92. The van der Waals surface area contributed by atoms with Crippen molar-refractivity contribution in [3.05, 3.63) is 33.9 Å². The van der Waals surface area contributed by atoms with Crippen LogP contribution in [0.1, 0.15) is 27.8 Å². The largest absolute Gasteiger partial charge is 0.395 e. The van der Waals surface area contributed by atoms with Crippen LogP contribution in [0.2, 0.25) is 0 Å². The molecule has 108 valence electrons. The molecule has 0 aromatic heterocycles. The number of nitrogens with zero attached hydrogens (tertiary/aromatic N) is 1. The summed E-state index contributed by atoms with van der Waals surface area (Å²) in [4.78, 5) is 2.19. The summed E-state index contributed by atoms with van der Waals surface area (Å²) in [6, 6.07) is 2.12. The van der Waals surface area contributed by atoms with E-state index in [1.54, 1.807) is 0 Å². The molecule has 3 nitrogen and oxygen atoms in total. The summed E-state index contributed by atoms with van der Waals surface area (Å²) in [5.41, 5.74) is 12.8. The Balaban J connectivity index is 2.73. The van der Waals surface area contributed by atoms with Crippen LogP contribution in [0.5, 0.6) is 0 Å². The average molecular weight is 264 g/mol. The van der Waals surface area contributed by atoms with Crippen LogP contribution < -0.4 is 5.73 Å². The van der Waals surface area contributed by atoms with Crippen LogP contribution in [0.25, 0.3) is 0 Å². The molecule has 0 amide bonds. The van der Waals surface area contributed by atoms with Crippen molar-refractivity contribution in [2.24, 2.45) is 5.73 Å². The number of nitrogens with two attached hydrogens (primary N) is 1. The van der Waals surface area contributed by atoms with E-state index in [0.717, 1.165) is 19.5 Å².